The van der Waals surface area contributed by atoms with E-state index in [0.29, 0.717) is 23.8 Å². The summed E-state index contributed by atoms with van der Waals surface area (Å²) >= 11 is 0. The zero-order valence-corrected chi connectivity index (χ0v) is 16.4. The van der Waals surface area contributed by atoms with Crippen LogP contribution in [0.25, 0.3) is 0 Å². The highest BCUT2D eigenvalue weighted by Crippen LogP contribution is 2.30. The van der Waals surface area contributed by atoms with Gasteiger partial charge < -0.3 is 10.2 Å². The summed E-state index contributed by atoms with van der Waals surface area (Å²) in [7, 11) is 1.78. The van der Waals surface area contributed by atoms with Crippen LogP contribution in [0.1, 0.15) is 57.8 Å². The van der Waals surface area contributed by atoms with Crippen molar-refractivity contribution in [3.8, 4) is 0 Å². The molecule has 1 amide bonds. The molecule has 3 rings (SSSR count). The Bertz CT molecular complexity index is 620. The highest BCUT2D eigenvalue weighted by molar-refractivity contribution is 6.31. The van der Waals surface area contributed by atoms with Crippen LogP contribution in [0, 0.1) is 0 Å². The number of amides is 1. The van der Waals surface area contributed by atoms with Gasteiger partial charge in [0.15, 0.2) is 0 Å². The summed E-state index contributed by atoms with van der Waals surface area (Å²) in [6.45, 7) is 1.99. The number of anilines is 2. The number of hydrogen-bond acceptors (Lipinski definition) is 5. The number of aromatic nitrogens is 1. The molecule has 0 bridgehead atoms. The second-order valence-electron chi connectivity index (χ2n) is 7.71. The van der Waals surface area contributed by atoms with Crippen LogP contribution in [-0.4, -0.2) is 54.3 Å². The van der Waals surface area contributed by atoms with Crippen molar-refractivity contribution in [2.24, 2.45) is 0 Å². The average molecular weight is 373 g/mol. The molecule has 0 radical (unpaired) electrons. The fraction of sp³-hybridized carbons (Fsp3) is 0.667. The molecule has 2 fully saturated rings. The van der Waals surface area contributed by atoms with E-state index in [1.807, 2.05) is 12.1 Å². The molecule has 1 N–H and O–H groups in total. The van der Waals surface area contributed by atoms with Crippen molar-refractivity contribution in [3.05, 3.63) is 18.3 Å². The van der Waals surface area contributed by atoms with Gasteiger partial charge in [-0.1, -0.05) is 32.1 Å². The molecule has 0 unspecified atom stereocenters. The zero-order valence-electron chi connectivity index (χ0n) is 16.4. The van der Waals surface area contributed by atoms with Crippen LogP contribution in [0.3, 0.4) is 0 Å². The van der Waals surface area contributed by atoms with E-state index in [0.717, 1.165) is 25.9 Å². The van der Waals surface area contributed by atoms with Gasteiger partial charge in [0.25, 0.3) is 5.91 Å². The largest absolute Gasteiger partial charge is 0.371 e. The molecule has 2 aliphatic rings. The van der Waals surface area contributed by atoms with Crippen LogP contribution in [0.2, 0.25) is 0 Å². The summed E-state index contributed by atoms with van der Waals surface area (Å²) in [5, 5.41) is 3.04. The Morgan fingerprint density at radius 3 is 2.44 bits per heavy atom. The van der Waals surface area contributed by atoms with Gasteiger partial charge in [-0.2, -0.15) is 0 Å². The number of nitrogens with one attached hydrogen (secondary N) is 1. The third kappa shape index (κ3) is 4.86. The molecular weight excluding hydrogens is 340 g/mol. The van der Waals surface area contributed by atoms with Crippen LogP contribution in [-0.2, 0) is 9.59 Å². The topological polar surface area (TPSA) is 65.5 Å². The third-order valence-electron chi connectivity index (χ3n) is 6.08. The summed E-state index contributed by atoms with van der Waals surface area (Å²) in [5.74, 6) is 0.152. The Labute approximate surface area is 162 Å². The van der Waals surface area contributed by atoms with E-state index in [9.17, 15) is 9.59 Å². The number of pyridine rings is 1. The molecule has 1 aromatic heterocycles. The number of piperidine rings is 1. The van der Waals surface area contributed by atoms with Crippen molar-refractivity contribution in [1.82, 2.24) is 9.88 Å². The lowest BCUT2D eigenvalue weighted by molar-refractivity contribution is -0.130. The van der Waals surface area contributed by atoms with Crippen molar-refractivity contribution in [1.29, 1.82) is 0 Å². The second-order valence-corrected chi connectivity index (χ2v) is 7.71. The van der Waals surface area contributed by atoms with Gasteiger partial charge in [0.05, 0.1) is 5.69 Å². The van der Waals surface area contributed by atoms with Gasteiger partial charge in [-0.25, -0.2) is 4.98 Å². The molecule has 2 heterocycles. The molecule has 1 aromatic rings. The molecule has 27 heavy (non-hydrogen) atoms. The maximum absolute atomic E-state index is 12.4. The van der Waals surface area contributed by atoms with E-state index >= 15 is 0 Å². The average Bonchev–Trinajstić information content (AvgIpc) is 2.69. The van der Waals surface area contributed by atoms with Crippen LogP contribution in [0.15, 0.2) is 18.3 Å². The lowest BCUT2D eigenvalue weighted by Gasteiger charge is -2.41. The van der Waals surface area contributed by atoms with Crippen molar-refractivity contribution >= 4 is 23.7 Å². The minimum atomic E-state index is -0.482. The van der Waals surface area contributed by atoms with Gasteiger partial charge in [0.1, 0.15) is 5.82 Å². The van der Waals surface area contributed by atoms with E-state index in [4.69, 9.17) is 0 Å². The first-order valence-electron chi connectivity index (χ1n) is 10.4. The Balaban J connectivity index is 1.69. The number of carbonyl (C=O) groups excluding carboxylic acids is 2. The number of rotatable bonds is 5. The molecule has 1 saturated heterocycles. The summed E-state index contributed by atoms with van der Waals surface area (Å²) in [6.07, 6.45) is 13.3. The van der Waals surface area contributed by atoms with E-state index in [1.165, 1.54) is 44.9 Å². The standard InChI is InChI=1S/C21H32N4O2/c1-22-21-19(10-7-13-23-21)25(20(27)16-26)18-11-14-24(15-12-18)17-8-5-3-2-4-6-9-17/h7,10,13,16-18H,2-6,8-9,11-12,14-15H2,1H3,(H,22,23). The van der Waals surface area contributed by atoms with Crippen LogP contribution in [0.4, 0.5) is 11.5 Å². The second kappa shape index (κ2) is 9.83. The smallest absolute Gasteiger partial charge is 0.291 e. The SMILES string of the molecule is CNc1ncccc1N(C(=O)C=O)C1CCN(C2CCCCCCC2)CC1. The summed E-state index contributed by atoms with van der Waals surface area (Å²) < 4.78 is 0. The van der Waals surface area contributed by atoms with Gasteiger partial charge in [0, 0.05) is 38.4 Å². The van der Waals surface area contributed by atoms with Crippen LogP contribution >= 0.6 is 0 Å². The van der Waals surface area contributed by atoms with E-state index in [2.05, 4.69) is 15.2 Å². The number of carbonyl (C=O) groups is 2. The maximum atomic E-state index is 12.4. The monoisotopic (exact) mass is 372 g/mol. The quantitative estimate of drug-likeness (QED) is 0.635. The van der Waals surface area contributed by atoms with Crippen molar-refractivity contribution < 1.29 is 9.59 Å². The number of hydrogen-bond donors (Lipinski definition) is 1. The molecule has 1 aliphatic carbocycles. The molecule has 0 atom stereocenters. The lowest BCUT2D eigenvalue weighted by atomic mass is 9.93. The first-order valence-corrected chi connectivity index (χ1v) is 10.4. The molecule has 0 spiro atoms. The fourth-order valence-corrected chi connectivity index (χ4v) is 4.64. The van der Waals surface area contributed by atoms with Crippen molar-refractivity contribution in [2.75, 3.05) is 30.4 Å². The molecule has 0 aromatic carbocycles. The molecule has 6 nitrogen and oxygen atoms in total. The fourth-order valence-electron chi connectivity index (χ4n) is 4.64. The van der Waals surface area contributed by atoms with Gasteiger partial charge in [-0.05, 0) is 37.8 Å². The van der Waals surface area contributed by atoms with Gasteiger partial charge in [0.2, 0.25) is 6.29 Å². The van der Waals surface area contributed by atoms with Crippen LogP contribution in [0.5, 0.6) is 0 Å². The van der Waals surface area contributed by atoms with Crippen LogP contribution < -0.4 is 10.2 Å². The molecular formula is C21H32N4O2. The van der Waals surface area contributed by atoms with E-state index in [-0.39, 0.29) is 6.04 Å². The lowest BCUT2D eigenvalue weighted by Crippen LogP contribution is -2.50. The highest BCUT2D eigenvalue weighted by Gasteiger charge is 2.32. The molecule has 1 aliphatic heterocycles. The molecule has 148 valence electrons. The van der Waals surface area contributed by atoms with E-state index in [1.54, 1.807) is 18.1 Å². The minimum absolute atomic E-state index is 0.0452. The molecule has 1 saturated carbocycles. The normalized spacial score (nSPS) is 20.5. The number of aldehydes is 1. The van der Waals surface area contributed by atoms with Crippen molar-refractivity contribution in [2.45, 2.75) is 69.9 Å². The predicted molar refractivity (Wildman–Crippen MR) is 108 cm³/mol. The summed E-state index contributed by atoms with van der Waals surface area (Å²) in [6, 6.07) is 4.41. The van der Waals surface area contributed by atoms with Gasteiger partial charge in [-0.3, -0.25) is 14.5 Å². The predicted octanol–water partition coefficient (Wildman–Crippen LogP) is 3.23. The minimum Gasteiger partial charge on any atom is -0.371 e. The number of likely N-dealkylation sites (tertiary alicyclic amines) is 1. The highest BCUT2D eigenvalue weighted by atomic mass is 16.2. The van der Waals surface area contributed by atoms with Gasteiger partial charge in [-0.15, -0.1) is 0 Å². The van der Waals surface area contributed by atoms with Crippen molar-refractivity contribution in [3.63, 3.8) is 0 Å². The first-order chi connectivity index (χ1) is 13.2. The molecule has 6 heteroatoms. The third-order valence-corrected chi connectivity index (χ3v) is 6.08. The van der Waals surface area contributed by atoms with E-state index < -0.39 is 5.91 Å². The Kier molecular flexibility index (Phi) is 7.21. The summed E-state index contributed by atoms with van der Waals surface area (Å²) in [5.41, 5.74) is 0.696. The Hall–Kier alpha value is -1.95. The maximum Gasteiger partial charge on any atom is 0.291 e. The van der Waals surface area contributed by atoms with Gasteiger partial charge >= 0.3 is 0 Å². The first kappa shape index (κ1) is 19.8. The Morgan fingerprint density at radius 1 is 1.15 bits per heavy atom. The number of nitrogens with zero attached hydrogens (tertiary/aromatic N) is 3. The zero-order chi connectivity index (χ0) is 19.1. The Morgan fingerprint density at radius 2 is 1.81 bits per heavy atom. The summed E-state index contributed by atoms with van der Waals surface area (Å²) in [4.78, 5) is 32.3.